The quantitative estimate of drug-likeness (QED) is 0.517. The number of nitrogens with zero attached hydrogens (tertiary/aromatic N) is 1. The molecule has 0 radical (unpaired) electrons. The first kappa shape index (κ1) is 23.0. The summed E-state index contributed by atoms with van der Waals surface area (Å²) in [6.07, 6.45) is 2.68. The van der Waals surface area contributed by atoms with Gasteiger partial charge in [0.15, 0.2) is 6.61 Å². The largest absolute Gasteiger partial charge is 0.452 e. The Morgan fingerprint density at radius 2 is 1.88 bits per heavy atom. The summed E-state index contributed by atoms with van der Waals surface area (Å²) >= 11 is 0. The topological polar surface area (TPSA) is 68.3 Å². The monoisotopic (exact) mass is 444 g/mol. The predicted octanol–water partition coefficient (Wildman–Crippen LogP) is 5.80. The highest BCUT2D eigenvalue weighted by molar-refractivity contribution is 6.06. The number of esters is 1. The summed E-state index contributed by atoms with van der Waals surface area (Å²) in [7, 11) is 0. The minimum absolute atomic E-state index is 0.135. The number of benzene rings is 2. The molecule has 0 saturated carbocycles. The number of pyridine rings is 1. The summed E-state index contributed by atoms with van der Waals surface area (Å²) in [4.78, 5) is 30.7. The number of hydrogen-bond acceptors (Lipinski definition) is 4. The first-order chi connectivity index (χ1) is 15.6. The molecule has 0 unspecified atom stereocenters. The molecule has 0 aliphatic heterocycles. The summed E-state index contributed by atoms with van der Waals surface area (Å²) in [5.74, 6) is -0.362. The lowest BCUT2D eigenvalue weighted by atomic mass is 9.70. The van der Waals surface area contributed by atoms with Gasteiger partial charge in [0.2, 0.25) is 0 Å². The number of aromatic nitrogens is 1. The van der Waals surface area contributed by atoms with Crippen LogP contribution >= 0.6 is 0 Å². The van der Waals surface area contributed by atoms with Crippen molar-refractivity contribution >= 4 is 28.5 Å². The standard InChI is InChI=1S/C28H32N2O3/c1-17-10-11-18(2)24(14-17)30-25(31)16-33-27(32)26-20-8-6-7-9-22(20)29-23-13-12-19(15-21(23)26)28(3,4)5/h6-11,14,19H,12-13,15-16H2,1-5H3,(H,30,31)/t19-/m0/s1. The molecule has 4 rings (SSSR count). The molecule has 0 fully saturated rings. The molecule has 0 bridgehead atoms. The van der Waals surface area contributed by atoms with E-state index in [2.05, 4.69) is 26.1 Å². The number of amides is 1. The van der Waals surface area contributed by atoms with Crippen molar-refractivity contribution in [1.82, 2.24) is 4.98 Å². The van der Waals surface area contributed by atoms with Gasteiger partial charge in [-0.25, -0.2) is 4.79 Å². The van der Waals surface area contributed by atoms with E-state index in [1.54, 1.807) is 0 Å². The van der Waals surface area contributed by atoms with Gasteiger partial charge < -0.3 is 10.1 Å². The Bertz CT molecular complexity index is 1220. The van der Waals surface area contributed by atoms with Crippen molar-refractivity contribution in [2.24, 2.45) is 11.3 Å². The van der Waals surface area contributed by atoms with Crippen LogP contribution in [0.2, 0.25) is 0 Å². The molecule has 5 nitrogen and oxygen atoms in total. The molecular weight excluding hydrogens is 412 g/mol. The molecule has 1 aliphatic rings. The van der Waals surface area contributed by atoms with Gasteiger partial charge in [-0.1, -0.05) is 51.1 Å². The lowest BCUT2D eigenvalue weighted by Crippen LogP contribution is -2.29. The maximum absolute atomic E-state index is 13.3. The van der Waals surface area contributed by atoms with Crippen LogP contribution < -0.4 is 5.32 Å². The summed E-state index contributed by atoms with van der Waals surface area (Å²) < 4.78 is 5.55. The SMILES string of the molecule is Cc1ccc(C)c(NC(=O)COC(=O)c2c3c(nc4ccccc24)CC[C@H](C(C)(C)C)C3)c1. The molecule has 1 N–H and O–H groups in total. The zero-order chi connectivity index (χ0) is 23.8. The van der Waals surface area contributed by atoms with E-state index in [1.807, 2.05) is 56.3 Å². The average molecular weight is 445 g/mol. The van der Waals surface area contributed by atoms with Crippen molar-refractivity contribution in [2.45, 2.75) is 53.9 Å². The number of ether oxygens (including phenoxy) is 1. The van der Waals surface area contributed by atoms with E-state index in [1.165, 1.54) is 0 Å². The highest BCUT2D eigenvalue weighted by Gasteiger charge is 2.33. The number of anilines is 1. The van der Waals surface area contributed by atoms with Crippen LogP contribution in [0.5, 0.6) is 0 Å². The van der Waals surface area contributed by atoms with E-state index in [0.717, 1.165) is 58.2 Å². The molecule has 172 valence electrons. The van der Waals surface area contributed by atoms with Gasteiger partial charge >= 0.3 is 5.97 Å². The number of hydrogen-bond donors (Lipinski definition) is 1. The Hall–Kier alpha value is -3.21. The van der Waals surface area contributed by atoms with Crippen LogP contribution in [0.4, 0.5) is 5.69 Å². The second-order valence-electron chi connectivity index (χ2n) is 10.2. The molecule has 2 aromatic carbocycles. The third kappa shape index (κ3) is 4.92. The molecule has 1 aromatic heterocycles. The van der Waals surface area contributed by atoms with Gasteiger partial charge in [-0.2, -0.15) is 0 Å². The maximum Gasteiger partial charge on any atom is 0.339 e. The van der Waals surface area contributed by atoms with Gasteiger partial charge in [-0.05, 0) is 73.3 Å². The van der Waals surface area contributed by atoms with E-state index >= 15 is 0 Å². The summed E-state index contributed by atoms with van der Waals surface area (Å²) in [6.45, 7) is 10.3. The zero-order valence-electron chi connectivity index (χ0n) is 20.1. The first-order valence-electron chi connectivity index (χ1n) is 11.6. The third-order valence-electron chi connectivity index (χ3n) is 6.69. The zero-order valence-corrected chi connectivity index (χ0v) is 20.1. The highest BCUT2D eigenvalue weighted by atomic mass is 16.5. The molecule has 5 heteroatoms. The summed E-state index contributed by atoms with van der Waals surface area (Å²) in [5, 5.41) is 3.64. The predicted molar refractivity (Wildman–Crippen MR) is 132 cm³/mol. The minimum atomic E-state index is -0.462. The molecule has 3 aromatic rings. The second-order valence-corrected chi connectivity index (χ2v) is 10.2. The number of carbonyl (C=O) groups excluding carboxylic acids is 2. The van der Waals surface area contributed by atoms with Gasteiger partial charge in [0.1, 0.15) is 0 Å². The fraction of sp³-hybridized carbons (Fsp3) is 0.393. The molecule has 0 spiro atoms. The number of rotatable bonds is 4. The van der Waals surface area contributed by atoms with Crippen LogP contribution in [0.3, 0.4) is 0 Å². The normalized spacial score (nSPS) is 15.7. The minimum Gasteiger partial charge on any atom is -0.452 e. The first-order valence-corrected chi connectivity index (χ1v) is 11.6. The Kier molecular flexibility index (Phi) is 6.24. The number of para-hydroxylation sites is 1. The van der Waals surface area contributed by atoms with Gasteiger partial charge in [-0.3, -0.25) is 9.78 Å². The molecule has 0 saturated heterocycles. The fourth-order valence-electron chi connectivity index (χ4n) is 4.62. The Labute approximate surface area is 195 Å². The summed E-state index contributed by atoms with van der Waals surface area (Å²) in [6, 6.07) is 13.5. The maximum atomic E-state index is 13.3. The molecule has 1 atom stereocenters. The fourth-order valence-corrected chi connectivity index (χ4v) is 4.62. The van der Waals surface area contributed by atoms with E-state index in [9.17, 15) is 9.59 Å². The smallest absolute Gasteiger partial charge is 0.339 e. The second kappa shape index (κ2) is 8.97. The Morgan fingerprint density at radius 1 is 1.12 bits per heavy atom. The Morgan fingerprint density at radius 3 is 2.64 bits per heavy atom. The van der Waals surface area contributed by atoms with Crippen molar-refractivity contribution in [3.63, 3.8) is 0 Å². The lowest BCUT2D eigenvalue weighted by molar-refractivity contribution is -0.119. The number of fused-ring (bicyclic) bond motifs is 2. The van der Waals surface area contributed by atoms with E-state index in [4.69, 9.17) is 9.72 Å². The van der Waals surface area contributed by atoms with Gasteiger partial charge in [0, 0.05) is 16.8 Å². The van der Waals surface area contributed by atoms with Crippen molar-refractivity contribution < 1.29 is 14.3 Å². The van der Waals surface area contributed by atoms with Crippen LogP contribution in [0.25, 0.3) is 10.9 Å². The molecule has 33 heavy (non-hydrogen) atoms. The van der Waals surface area contributed by atoms with Crippen molar-refractivity contribution in [3.05, 3.63) is 70.4 Å². The molecule has 1 aliphatic carbocycles. The van der Waals surface area contributed by atoms with E-state index in [0.29, 0.717) is 11.5 Å². The van der Waals surface area contributed by atoms with Crippen molar-refractivity contribution in [1.29, 1.82) is 0 Å². The molecular formula is C28H32N2O3. The lowest BCUT2D eigenvalue weighted by Gasteiger charge is -2.35. The van der Waals surface area contributed by atoms with Gasteiger partial charge in [0.05, 0.1) is 11.1 Å². The number of aryl methyl sites for hydroxylation is 3. The third-order valence-corrected chi connectivity index (χ3v) is 6.69. The van der Waals surface area contributed by atoms with E-state index in [-0.39, 0.29) is 17.9 Å². The van der Waals surface area contributed by atoms with Crippen LogP contribution in [0, 0.1) is 25.2 Å². The van der Waals surface area contributed by atoms with Crippen LogP contribution in [-0.4, -0.2) is 23.5 Å². The number of nitrogens with one attached hydrogen (secondary N) is 1. The number of carbonyl (C=O) groups is 2. The Balaban J connectivity index is 1.60. The summed E-state index contributed by atoms with van der Waals surface area (Å²) in [5.41, 5.74) is 6.17. The van der Waals surface area contributed by atoms with Gasteiger partial charge in [0.25, 0.3) is 5.91 Å². The van der Waals surface area contributed by atoms with Crippen LogP contribution in [-0.2, 0) is 22.4 Å². The van der Waals surface area contributed by atoms with Gasteiger partial charge in [-0.15, -0.1) is 0 Å². The molecule has 1 amide bonds. The van der Waals surface area contributed by atoms with Crippen molar-refractivity contribution in [2.75, 3.05) is 11.9 Å². The molecule has 1 heterocycles. The van der Waals surface area contributed by atoms with Crippen molar-refractivity contribution in [3.8, 4) is 0 Å². The van der Waals surface area contributed by atoms with Crippen LogP contribution in [0.15, 0.2) is 42.5 Å². The van der Waals surface area contributed by atoms with Crippen LogP contribution in [0.1, 0.15) is 59.9 Å². The highest BCUT2D eigenvalue weighted by Crippen LogP contribution is 2.39. The van der Waals surface area contributed by atoms with E-state index < -0.39 is 5.97 Å². The average Bonchev–Trinajstić information content (AvgIpc) is 2.77.